The molecule has 0 saturated carbocycles. The van der Waals surface area contributed by atoms with Gasteiger partial charge in [-0.25, -0.2) is 0 Å². The van der Waals surface area contributed by atoms with Gasteiger partial charge in [0, 0.05) is 19.3 Å². The molecular formula is C36H56N4O7. The summed E-state index contributed by atoms with van der Waals surface area (Å²) in [4.78, 5) is 62.0. The van der Waals surface area contributed by atoms with Crippen molar-refractivity contribution in [2.24, 2.45) is 23.1 Å². The summed E-state index contributed by atoms with van der Waals surface area (Å²) in [6.07, 6.45) is 14.6. The van der Waals surface area contributed by atoms with E-state index < -0.39 is 47.6 Å². The molecular weight excluding hydrogens is 600 g/mol. The summed E-state index contributed by atoms with van der Waals surface area (Å²) < 4.78 is 5.65. The first-order chi connectivity index (χ1) is 22.3. The van der Waals surface area contributed by atoms with E-state index in [0.717, 1.165) is 44.1 Å². The molecule has 0 spiro atoms. The zero-order valence-corrected chi connectivity index (χ0v) is 28.4. The molecule has 4 amide bonds. The lowest BCUT2D eigenvalue weighted by Gasteiger charge is -2.31. The van der Waals surface area contributed by atoms with Crippen LogP contribution in [0.2, 0.25) is 0 Å². The Labute approximate surface area is 279 Å². The smallest absolute Gasteiger partial charge is 0.251 e. The molecule has 1 rings (SSSR count). The number of carbonyl (C=O) groups is 5. The van der Waals surface area contributed by atoms with E-state index in [-0.39, 0.29) is 6.42 Å². The van der Waals surface area contributed by atoms with Gasteiger partial charge in [-0.1, -0.05) is 75.3 Å². The zero-order chi connectivity index (χ0) is 35.2. The number of benzene rings is 1. The highest BCUT2D eigenvalue weighted by atomic mass is 16.5. The molecule has 0 bridgehead atoms. The molecule has 1 aromatic carbocycles. The van der Waals surface area contributed by atoms with Gasteiger partial charge in [-0.15, -0.1) is 0 Å². The van der Waals surface area contributed by atoms with Gasteiger partial charge >= 0.3 is 0 Å². The first kappa shape index (κ1) is 41.0. The molecule has 0 aromatic heterocycles. The molecule has 262 valence electrons. The van der Waals surface area contributed by atoms with Gasteiger partial charge in [0.25, 0.3) is 5.91 Å². The van der Waals surface area contributed by atoms with Crippen LogP contribution in [0.15, 0.2) is 48.1 Å². The number of hydrogen-bond donors (Lipinski definition) is 5. The van der Waals surface area contributed by atoms with Crippen molar-refractivity contribution >= 4 is 29.4 Å². The molecule has 8 N–H and O–H groups in total. The number of unbranched alkanes of at least 4 members (excludes halogenated alkanes) is 8. The molecule has 11 nitrogen and oxygen atoms in total. The maximum Gasteiger partial charge on any atom is 0.251 e. The van der Waals surface area contributed by atoms with Crippen LogP contribution in [-0.2, 0) is 30.4 Å². The number of ketones is 1. The summed E-state index contributed by atoms with van der Waals surface area (Å²) in [5.41, 5.74) is 15.5. The number of amides is 4. The van der Waals surface area contributed by atoms with Crippen LogP contribution < -0.4 is 27.3 Å². The average molecular weight is 657 g/mol. The van der Waals surface area contributed by atoms with Crippen molar-refractivity contribution in [3.63, 3.8) is 0 Å². The predicted octanol–water partition coefficient (Wildman–Crippen LogP) is 4.08. The second-order valence-electron chi connectivity index (χ2n) is 12.4. The van der Waals surface area contributed by atoms with E-state index in [1.54, 1.807) is 30.3 Å². The van der Waals surface area contributed by atoms with E-state index in [9.17, 15) is 29.1 Å². The number of rotatable bonds is 26. The standard InChI is InChI=1S/C36H56N4O7/c1-4-5-6-9-12-15-28(41)16-13-10-7-8-11-14-17-30(36(46,35(39)45)25-32(37)42)34(44)40-31(33(38)43)24-27-18-20-29(21-19-27)47-23-22-26(2)3/h14,17-22,30-31,46H,4-13,15-16,23-25H2,1-3H3,(H2,37,42)(H2,38,43)(H2,39,45)(H,40,44)/t30-,31+,36+/m1/s1. The fraction of sp³-hybridized carbons (Fsp3) is 0.583. The number of Topliss-reactive ketones (excluding diaryl/α,β-unsaturated/α-hetero) is 1. The van der Waals surface area contributed by atoms with Crippen LogP contribution in [0.25, 0.3) is 0 Å². The normalized spacial score (nSPS) is 13.7. The molecule has 1 aromatic rings. The lowest BCUT2D eigenvalue weighted by atomic mass is 9.82. The summed E-state index contributed by atoms with van der Waals surface area (Å²) >= 11 is 0. The highest BCUT2D eigenvalue weighted by molar-refractivity contribution is 5.97. The van der Waals surface area contributed by atoms with E-state index >= 15 is 0 Å². The maximum absolute atomic E-state index is 13.5. The maximum atomic E-state index is 13.5. The number of allylic oxidation sites excluding steroid dienone is 2. The molecule has 0 heterocycles. The van der Waals surface area contributed by atoms with Gasteiger partial charge in [-0.2, -0.15) is 0 Å². The topological polar surface area (TPSA) is 205 Å². The molecule has 47 heavy (non-hydrogen) atoms. The Morgan fingerprint density at radius 2 is 1.49 bits per heavy atom. The van der Waals surface area contributed by atoms with E-state index in [0.29, 0.717) is 43.0 Å². The highest BCUT2D eigenvalue weighted by Gasteiger charge is 2.47. The van der Waals surface area contributed by atoms with Gasteiger partial charge in [-0.05, 0) is 63.3 Å². The molecule has 11 heteroatoms. The predicted molar refractivity (Wildman–Crippen MR) is 183 cm³/mol. The molecule has 0 unspecified atom stereocenters. The Morgan fingerprint density at radius 1 is 0.894 bits per heavy atom. The van der Waals surface area contributed by atoms with Crippen molar-refractivity contribution in [3.05, 3.63) is 53.6 Å². The minimum atomic E-state index is -2.63. The lowest BCUT2D eigenvalue weighted by molar-refractivity contribution is -0.152. The quantitative estimate of drug-likeness (QED) is 0.0729. The second kappa shape index (κ2) is 22.5. The molecule has 0 radical (unpaired) electrons. The summed E-state index contributed by atoms with van der Waals surface area (Å²) in [6.45, 7) is 6.50. The molecule has 0 fully saturated rings. The van der Waals surface area contributed by atoms with Gasteiger partial charge in [0.05, 0.1) is 12.3 Å². The molecule has 0 aliphatic carbocycles. The monoisotopic (exact) mass is 656 g/mol. The number of nitrogens with two attached hydrogens (primary N) is 3. The van der Waals surface area contributed by atoms with Gasteiger partial charge in [0.1, 0.15) is 24.2 Å². The third kappa shape index (κ3) is 16.9. The largest absolute Gasteiger partial charge is 0.490 e. The first-order valence-corrected chi connectivity index (χ1v) is 16.7. The van der Waals surface area contributed by atoms with Crippen molar-refractivity contribution in [1.82, 2.24) is 5.32 Å². The van der Waals surface area contributed by atoms with Gasteiger partial charge < -0.3 is 32.4 Å². The van der Waals surface area contributed by atoms with Crippen molar-refractivity contribution in [3.8, 4) is 5.75 Å². The molecule has 0 aliphatic heterocycles. The first-order valence-electron chi connectivity index (χ1n) is 16.7. The van der Waals surface area contributed by atoms with Crippen molar-refractivity contribution in [2.45, 2.75) is 122 Å². The zero-order valence-electron chi connectivity index (χ0n) is 28.4. The summed E-state index contributed by atoms with van der Waals surface area (Å²) in [6, 6.07) is 5.72. The number of nitrogens with one attached hydrogen (secondary N) is 1. The van der Waals surface area contributed by atoms with Crippen molar-refractivity contribution < 1.29 is 33.8 Å². The van der Waals surface area contributed by atoms with Crippen LogP contribution in [0.5, 0.6) is 5.75 Å². The minimum absolute atomic E-state index is 0.0257. The van der Waals surface area contributed by atoms with E-state index in [1.807, 2.05) is 19.9 Å². The Kier molecular flexibility index (Phi) is 19.7. The molecule has 0 saturated heterocycles. The fourth-order valence-corrected chi connectivity index (χ4v) is 5.05. The van der Waals surface area contributed by atoms with Gasteiger partial charge in [0.2, 0.25) is 17.7 Å². The lowest BCUT2D eigenvalue weighted by Crippen LogP contribution is -2.58. The number of ether oxygens (including phenoxy) is 1. The van der Waals surface area contributed by atoms with Crippen LogP contribution in [-0.4, -0.2) is 52.8 Å². The number of primary amides is 3. The van der Waals surface area contributed by atoms with Crippen LogP contribution in [0, 0.1) is 5.92 Å². The van der Waals surface area contributed by atoms with E-state index in [2.05, 4.69) is 12.2 Å². The van der Waals surface area contributed by atoms with E-state index in [1.165, 1.54) is 25.3 Å². The second-order valence-corrected chi connectivity index (χ2v) is 12.4. The third-order valence-electron chi connectivity index (χ3n) is 7.90. The molecule has 0 aliphatic rings. The molecule has 3 atom stereocenters. The Hall–Kier alpha value is -3.99. The van der Waals surface area contributed by atoms with Gasteiger partial charge in [-0.3, -0.25) is 24.0 Å². The fourth-order valence-electron chi connectivity index (χ4n) is 5.05. The number of carbonyl (C=O) groups excluding carboxylic acids is 5. The minimum Gasteiger partial charge on any atom is -0.490 e. The van der Waals surface area contributed by atoms with Crippen LogP contribution in [0.1, 0.15) is 110 Å². The van der Waals surface area contributed by atoms with Crippen LogP contribution in [0.4, 0.5) is 0 Å². The number of aliphatic hydroxyl groups is 1. The van der Waals surface area contributed by atoms with E-state index in [4.69, 9.17) is 21.9 Å². The highest BCUT2D eigenvalue weighted by Crippen LogP contribution is 2.25. The Bertz CT molecular complexity index is 1210. The summed E-state index contributed by atoms with van der Waals surface area (Å²) in [7, 11) is 0. The number of hydrogen-bond acceptors (Lipinski definition) is 7. The summed E-state index contributed by atoms with van der Waals surface area (Å²) in [5.74, 6) is -4.79. The SMILES string of the molecule is CCCCCCCC(=O)CCCCCCC=C[C@H](C(=O)N[C@@H](Cc1ccc(OCC=C(C)C)cc1)C(N)=O)[C@@](O)(CC(N)=O)C(N)=O. The van der Waals surface area contributed by atoms with Crippen LogP contribution >= 0.6 is 0 Å². The third-order valence-corrected chi connectivity index (χ3v) is 7.90. The van der Waals surface area contributed by atoms with Crippen LogP contribution in [0.3, 0.4) is 0 Å². The van der Waals surface area contributed by atoms with Crippen molar-refractivity contribution in [1.29, 1.82) is 0 Å². The Balaban J connectivity index is 2.84. The average Bonchev–Trinajstić information content (AvgIpc) is 2.99. The van der Waals surface area contributed by atoms with Gasteiger partial charge in [0.15, 0.2) is 5.60 Å². The van der Waals surface area contributed by atoms with Crippen molar-refractivity contribution in [2.75, 3.05) is 6.61 Å². The summed E-state index contributed by atoms with van der Waals surface area (Å²) in [5, 5.41) is 13.6. The Morgan fingerprint density at radius 3 is 2.02 bits per heavy atom.